The highest BCUT2D eigenvalue weighted by molar-refractivity contribution is 5.91. The van der Waals surface area contributed by atoms with Crippen molar-refractivity contribution in [2.24, 2.45) is 5.73 Å². The second-order valence-electron chi connectivity index (χ2n) is 5.69. The van der Waals surface area contributed by atoms with Gasteiger partial charge in [-0.3, -0.25) is 0 Å². The maximum atomic E-state index is 11.0. The number of fused-ring (bicyclic) bond motifs is 1. The number of nitrogens with two attached hydrogens (primary N) is 1. The van der Waals surface area contributed by atoms with Crippen molar-refractivity contribution >= 4 is 17.3 Å². The third-order valence-electron chi connectivity index (χ3n) is 3.31. The van der Waals surface area contributed by atoms with Gasteiger partial charge in [-0.2, -0.15) is 0 Å². The van der Waals surface area contributed by atoms with E-state index in [9.17, 15) is 4.79 Å². The summed E-state index contributed by atoms with van der Waals surface area (Å²) in [4.78, 5) is 13.2. The predicted octanol–water partition coefficient (Wildman–Crippen LogP) is 1.74. The van der Waals surface area contributed by atoms with Crippen molar-refractivity contribution in [3.63, 3.8) is 0 Å². The Morgan fingerprint density at radius 2 is 2.26 bits per heavy atom. The molecule has 19 heavy (non-hydrogen) atoms. The Kier molecular flexibility index (Phi) is 3.66. The molecule has 0 aromatic heterocycles. The largest absolute Gasteiger partial charge is 0.478 e. The normalized spacial score (nSPS) is 14.8. The van der Waals surface area contributed by atoms with Crippen molar-refractivity contribution in [2.45, 2.75) is 25.8 Å². The number of anilines is 2. The smallest absolute Gasteiger partial charge is 0.335 e. The predicted molar refractivity (Wildman–Crippen MR) is 77.0 cm³/mol. The van der Waals surface area contributed by atoms with Gasteiger partial charge in [-0.05, 0) is 38.5 Å². The molecule has 0 saturated carbocycles. The summed E-state index contributed by atoms with van der Waals surface area (Å²) in [5.74, 6) is -0.898. The molecule has 1 aromatic rings. The van der Waals surface area contributed by atoms with Crippen molar-refractivity contribution in [3.8, 4) is 0 Å². The van der Waals surface area contributed by atoms with E-state index in [0.29, 0.717) is 5.56 Å². The van der Waals surface area contributed by atoms with Crippen LogP contribution in [-0.4, -0.2) is 36.2 Å². The third kappa shape index (κ3) is 3.38. The van der Waals surface area contributed by atoms with E-state index >= 15 is 0 Å². The molecule has 0 radical (unpaired) electrons. The molecule has 5 heteroatoms. The van der Waals surface area contributed by atoms with E-state index in [1.165, 1.54) is 0 Å². The zero-order valence-electron chi connectivity index (χ0n) is 11.4. The Morgan fingerprint density at radius 1 is 1.53 bits per heavy atom. The first-order chi connectivity index (χ1) is 8.87. The van der Waals surface area contributed by atoms with Gasteiger partial charge >= 0.3 is 5.97 Å². The van der Waals surface area contributed by atoms with Crippen LogP contribution in [-0.2, 0) is 0 Å². The van der Waals surface area contributed by atoms with Gasteiger partial charge in [0.25, 0.3) is 0 Å². The van der Waals surface area contributed by atoms with Gasteiger partial charge in [-0.1, -0.05) is 0 Å². The lowest BCUT2D eigenvalue weighted by Gasteiger charge is -2.34. The van der Waals surface area contributed by atoms with Crippen LogP contribution in [0.15, 0.2) is 18.2 Å². The highest BCUT2D eigenvalue weighted by atomic mass is 16.4. The van der Waals surface area contributed by atoms with Gasteiger partial charge in [0.1, 0.15) is 0 Å². The molecular formula is C14H21N3O2. The van der Waals surface area contributed by atoms with Crippen LogP contribution in [0, 0.1) is 0 Å². The van der Waals surface area contributed by atoms with Crippen molar-refractivity contribution in [1.82, 2.24) is 0 Å². The monoisotopic (exact) mass is 263 g/mol. The Hall–Kier alpha value is -1.75. The number of hydrogen-bond acceptors (Lipinski definition) is 4. The molecule has 1 heterocycles. The first kappa shape index (κ1) is 13.7. The van der Waals surface area contributed by atoms with Gasteiger partial charge < -0.3 is 21.1 Å². The number of carboxylic acid groups (broad SMARTS) is 1. The molecule has 0 saturated heterocycles. The molecule has 0 unspecified atom stereocenters. The number of hydrogen-bond donors (Lipinski definition) is 3. The summed E-state index contributed by atoms with van der Waals surface area (Å²) in [7, 11) is 0. The first-order valence-corrected chi connectivity index (χ1v) is 6.52. The van der Waals surface area contributed by atoms with Crippen LogP contribution >= 0.6 is 0 Å². The number of nitrogens with one attached hydrogen (secondary N) is 1. The van der Waals surface area contributed by atoms with Gasteiger partial charge in [0.2, 0.25) is 0 Å². The zero-order chi connectivity index (χ0) is 14.0. The van der Waals surface area contributed by atoms with Gasteiger partial charge in [-0.25, -0.2) is 4.79 Å². The van der Waals surface area contributed by atoms with Crippen molar-refractivity contribution in [1.29, 1.82) is 0 Å². The average Bonchev–Trinajstić information content (AvgIpc) is 2.34. The number of carboxylic acids is 1. The van der Waals surface area contributed by atoms with E-state index in [-0.39, 0.29) is 5.54 Å². The molecule has 0 amide bonds. The van der Waals surface area contributed by atoms with Crippen LogP contribution in [0.5, 0.6) is 0 Å². The Labute approximate surface area is 113 Å². The van der Waals surface area contributed by atoms with Crippen LogP contribution < -0.4 is 16.0 Å². The standard InChI is InChI=1S/C14H21N3O2/c1-14(2,15)5-7-17-8-6-16-11-9-10(13(18)19)3-4-12(11)17/h3-4,9,16H,5-8,15H2,1-2H3,(H,18,19). The van der Waals surface area contributed by atoms with E-state index in [1.54, 1.807) is 12.1 Å². The summed E-state index contributed by atoms with van der Waals surface area (Å²) in [6.45, 7) is 6.65. The molecule has 4 N–H and O–H groups in total. The minimum atomic E-state index is -0.898. The number of rotatable bonds is 4. The third-order valence-corrected chi connectivity index (χ3v) is 3.31. The molecular weight excluding hydrogens is 242 g/mol. The Bertz CT molecular complexity index is 480. The fraction of sp³-hybridized carbons (Fsp3) is 0.500. The highest BCUT2D eigenvalue weighted by Gasteiger charge is 2.20. The second kappa shape index (κ2) is 5.09. The average molecular weight is 263 g/mol. The van der Waals surface area contributed by atoms with Crippen LogP contribution in [0.4, 0.5) is 11.4 Å². The SMILES string of the molecule is CC(C)(N)CCN1CCNc2cc(C(=O)O)ccc21. The number of benzene rings is 1. The van der Waals surface area contributed by atoms with E-state index < -0.39 is 5.97 Å². The molecule has 0 aliphatic carbocycles. The molecule has 0 atom stereocenters. The van der Waals surface area contributed by atoms with Crippen LogP contribution in [0.1, 0.15) is 30.6 Å². The molecule has 5 nitrogen and oxygen atoms in total. The van der Waals surface area contributed by atoms with E-state index in [2.05, 4.69) is 10.2 Å². The molecule has 2 rings (SSSR count). The van der Waals surface area contributed by atoms with E-state index in [0.717, 1.165) is 37.4 Å². The number of nitrogens with zero attached hydrogens (tertiary/aromatic N) is 1. The zero-order valence-corrected chi connectivity index (χ0v) is 11.4. The summed E-state index contributed by atoms with van der Waals surface area (Å²) < 4.78 is 0. The lowest BCUT2D eigenvalue weighted by molar-refractivity contribution is 0.0697. The van der Waals surface area contributed by atoms with E-state index in [4.69, 9.17) is 10.8 Å². The quantitative estimate of drug-likeness (QED) is 0.771. The first-order valence-electron chi connectivity index (χ1n) is 6.52. The summed E-state index contributed by atoms with van der Waals surface area (Å²) in [5, 5.41) is 12.3. The van der Waals surface area contributed by atoms with Crippen LogP contribution in [0.2, 0.25) is 0 Å². The minimum absolute atomic E-state index is 0.188. The maximum absolute atomic E-state index is 11.0. The Morgan fingerprint density at radius 3 is 2.89 bits per heavy atom. The van der Waals surface area contributed by atoms with Gasteiger partial charge in [0.15, 0.2) is 0 Å². The molecule has 1 aliphatic rings. The summed E-state index contributed by atoms with van der Waals surface area (Å²) in [5.41, 5.74) is 8.09. The molecule has 0 spiro atoms. The lowest BCUT2D eigenvalue weighted by atomic mass is 10.0. The topological polar surface area (TPSA) is 78.6 Å². The number of carbonyl (C=O) groups is 1. The van der Waals surface area contributed by atoms with Crippen LogP contribution in [0.3, 0.4) is 0 Å². The van der Waals surface area contributed by atoms with Crippen molar-refractivity contribution in [2.75, 3.05) is 29.9 Å². The molecule has 0 bridgehead atoms. The second-order valence-corrected chi connectivity index (χ2v) is 5.69. The lowest BCUT2D eigenvalue weighted by Crippen LogP contribution is -2.40. The summed E-state index contributed by atoms with van der Waals surface area (Å²) in [6, 6.07) is 5.21. The molecule has 1 aliphatic heterocycles. The molecule has 0 fully saturated rings. The summed E-state index contributed by atoms with van der Waals surface area (Å²) in [6.07, 6.45) is 0.896. The number of aromatic carboxylic acids is 1. The van der Waals surface area contributed by atoms with Crippen LogP contribution in [0.25, 0.3) is 0 Å². The molecule has 104 valence electrons. The highest BCUT2D eigenvalue weighted by Crippen LogP contribution is 2.30. The van der Waals surface area contributed by atoms with E-state index in [1.807, 2.05) is 19.9 Å². The minimum Gasteiger partial charge on any atom is -0.478 e. The fourth-order valence-corrected chi connectivity index (χ4v) is 2.19. The van der Waals surface area contributed by atoms with Crippen molar-refractivity contribution < 1.29 is 9.90 Å². The molecule has 1 aromatic carbocycles. The van der Waals surface area contributed by atoms with Crippen molar-refractivity contribution in [3.05, 3.63) is 23.8 Å². The fourth-order valence-electron chi connectivity index (χ4n) is 2.19. The van der Waals surface area contributed by atoms with Gasteiger partial charge in [-0.15, -0.1) is 0 Å². The Balaban J connectivity index is 2.18. The van der Waals surface area contributed by atoms with Gasteiger partial charge in [0.05, 0.1) is 16.9 Å². The van der Waals surface area contributed by atoms with Gasteiger partial charge in [0, 0.05) is 25.2 Å². The summed E-state index contributed by atoms with van der Waals surface area (Å²) >= 11 is 0. The maximum Gasteiger partial charge on any atom is 0.335 e.